The Morgan fingerprint density at radius 1 is 1.48 bits per heavy atom. The van der Waals surface area contributed by atoms with E-state index in [-0.39, 0.29) is 11.9 Å². The second kappa shape index (κ2) is 7.45. The summed E-state index contributed by atoms with van der Waals surface area (Å²) in [6.07, 6.45) is -1.25. The molecular weight excluding hydrogens is 285 g/mol. The van der Waals surface area contributed by atoms with Crippen LogP contribution in [0.5, 0.6) is 0 Å². The Balaban J connectivity index is 2.62. The minimum absolute atomic E-state index is 0.0113. The van der Waals surface area contributed by atoms with Gasteiger partial charge in [-0.05, 0) is 52.7 Å². The van der Waals surface area contributed by atoms with Gasteiger partial charge in [-0.25, -0.2) is 0 Å². The monoisotopic (exact) mass is 310 g/mol. The van der Waals surface area contributed by atoms with Crippen LogP contribution in [-0.4, -0.2) is 56.4 Å². The van der Waals surface area contributed by atoms with Crippen LogP contribution in [0.2, 0.25) is 0 Å². The highest BCUT2D eigenvalue weighted by molar-refractivity contribution is 5.81. The summed E-state index contributed by atoms with van der Waals surface area (Å²) in [6.45, 7) is 1.45. The van der Waals surface area contributed by atoms with Crippen LogP contribution < -0.4 is 5.32 Å². The first-order valence-corrected chi connectivity index (χ1v) is 7.36. The Kier molecular flexibility index (Phi) is 6.46. The zero-order chi connectivity index (χ0) is 16.1. The number of likely N-dealkylation sites (N-methyl/N-ethyl adjacent to an activating group) is 1. The third kappa shape index (κ3) is 4.85. The van der Waals surface area contributed by atoms with Crippen LogP contribution >= 0.6 is 0 Å². The fraction of sp³-hybridized carbons (Fsp3) is 0.929. The van der Waals surface area contributed by atoms with E-state index in [9.17, 15) is 18.0 Å². The number of carbonyl (C=O) groups is 1. The smallest absolute Gasteiger partial charge is 0.401 e. The van der Waals surface area contributed by atoms with Crippen molar-refractivity contribution >= 4 is 5.97 Å². The van der Waals surface area contributed by atoms with Crippen LogP contribution in [0.3, 0.4) is 0 Å². The maximum absolute atomic E-state index is 12.3. The molecule has 2 unspecified atom stereocenters. The maximum atomic E-state index is 12.3. The highest BCUT2D eigenvalue weighted by atomic mass is 19.4. The molecule has 0 aromatic rings. The molecular formula is C14H25F3N2O2. The highest BCUT2D eigenvalue weighted by Gasteiger charge is 2.48. The summed E-state index contributed by atoms with van der Waals surface area (Å²) in [5, 5.41) is 3.07. The van der Waals surface area contributed by atoms with Gasteiger partial charge in [0.15, 0.2) is 0 Å². The van der Waals surface area contributed by atoms with Gasteiger partial charge in [0.05, 0.1) is 13.2 Å². The van der Waals surface area contributed by atoms with Crippen molar-refractivity contribution < 1.29 is 22.7 Å². The number of rotatable bonds is 7. The Morgan fingerprint density at radius 2 is 2.14 bits per heavy atom. The summed E-state index contributed by atoms with van der Waals surface area (Å²) < 4.78 is 42.1. The Bertz CT molecular complexity index is 350. The highest BCUT2D eigenvalue weighted by Crippen LogP contribution is 2.39. The number of alkyl halides is 3. The molecule has 1 rings (SSSR count). The summed E-state index contributed by atoms with van der Waals surface area (Å²) in [5.41, 5.74) is -0.741. The molecule has 0 spiro atoms. The number of halogens is 3. The number of nitrogens with one attached hydrogen (secondary N) is 1. The van der Waals surface area contributed by atoms with E-state index < -0.39 is 18.3 Å². The number of ether oxygens (including phenoxy) is 1. The van der Waals surface area contributed by atoms with E-state index in [1.165, 1.54) is 11.9 Å². The molecule has 0 aromatic carbocycles. The molecule has 0 bridgehead atoms. The van der Waals surface area contributed by atoms with Gasteiger partial charge in [0, 0.05) is 0 Å². The van der Waals surface area contributed by atoms with Gasteiger partial charge < -0.3 is 10.1 Å². The fourth-order valence-electron chi connectivity index (χ4n) is 3.19. The minimum Gasteiger partial charge on any atom is -0.465 e. The summed E-state index contributed by atoms with van der Waals surface area (Å²) in [4.78, 5) is 13.5. The van der Waals surface area contributed by atoms with Gasteiger partial charge in [-0.3, -0.25) is 9.69 Å². The summed E-state index contributed by atoms with van der Waals surface area (Å²) in [5.74, 6) is -0.272. The predicted molar refractivity (Wildman–Crippen MR) is 73.9 cm³/mol. The zero-order valence-electron chi connectivity index (χ0n) is 12.9. The van der Waals surface area contributed by atoms with E-state index in [0.717, 1.165) is 12.8 Å². The molecule has 4 nitrogen and oxygen atoms in total. The lowest BCUT2D eigenvalue weighted by Gasteiger charge is -2.33. The van der Waals surface area contributed by atoms with Gasteiger partial charge in [0.25, 0.3) is 0 Å². The average Bonchev–Trinajstić information content (AvgIpc) is 2.78. The zero-order valence-corrected chi connectivity index (χ0v) is 12.9. The first-order valence-electron chi connectivity index (χ1n) is 7.36. The van der Waals surface area contributed by atoms with Crippen LogP contribution in [0, 0.1) is 5.92 Å². The van der Waals surface area contributed by atoms with E-state index in [4.69, 9.17) is 4.74 Å². The SMILES string of the molecule is CCOC(=O)C1(NC)CCCC1CCN(C)CC(F)(F)F. The molecule has 21 heavy (non-hydrogen) atoms. The standard InChI is InChI=1S/C14H25F3N2O2/c1-4-21-12(20)13(18-2)8-5-6-11(13)7-9-19(3)10-14(15,16)17/h11,18H,4-10H2,1-3H3. The van der Waals surface area contributed by atoms with Gasteiger partial charge >= 0.3 is 12.1 Å². The van der Waals surface area contributed by atoms with E-state index >= 15 is 0 Å². The number of hydrogen-bond donors (Lipinski definition) is 1. The topological polar surface area (TPSA) is 41.6 Å². The van der Waals surface area contributed by atoms with Gasteiger partial charge in [0.2, 0.25) is 0 Å². The third-order valence-corrected chi connectivity index (χ3v) is 4.21. The van der Waals surface area contributed by atoms with Crippen LogP contribution in [0.25, 0.3) is 0 Å². The third-order valence-electron chi connectivity index (χ3n) is 4.21. The Morgan fingerprint density at radius 3 is 2.67 bits per heavy atom. The minimum atomic E-state index is -4.19. The molecule has 1 aliphatic rings. The van der Waals surface area contributed by atoms with Crippen LogP contribution in [0.1, 0.15) is 32.6 Å². The molecule has 0 radical (unpaired) electrons. The molecule has 7 heteroatoms. The lowest BCUT2D eigenvalue weighted by Crippen LogP contribution is -2.54. The summed E-state index contributed by atoms with van der Waals surface area (Å²) >= 11 is 0. The summed E-state index contributed by atoms with van der Waals surface area (Å²) in [6, 6.07) is 0. The number of hydrogen-bond acceptors (Lipinski definition) is 4. The van der Waals surface area contributed by atoms with E-state index in [0.29, 0.717) is 26.0 Å². The molecule has 1 aliphatic carbocycles. The van der Waals surface area contributed by atoms with Crippen molar-refractivity contribution in [2.75, 3.05) is 33.8 Å². The van der Waals surface area contributed by atoms with Crippen molar-refractivity contribution in [2.24, 2.45) is 5.92 Å². The van der Waals surface area contributed by atoms with Crippen LogP contribution in [0.15, 0.2) is 0 Å². The van der Waals surface area contributed by atoms with Crippen molar-refractivity contribution in [2.45, 2.75) is 44.3 Å². The summed E-state index contributed by atoms with van der Waals surface area (Å²) in [7, 11) is 3.17. The van der Waals surface area contributed by atoms with Gasteiger partial charge in [-0.1, -0.05) is 6.42 Å². The van der Waals surface area contributed by atoms with E-state index in [2.05, 4.69) is 5.32 Å². The van der Waals surface area contributed by atoms with Crippen molar-refractivity contribution in [3.05, 3.63) is 0 Å². The fourth-order valence-corrected chi connectivity index (χ4v) is 3.19. The molecule has 1 N–H and O–H groups in total. The number of nitrogens with zero attached hydrogens (tertiary/aromatic N) is 1. The Labute approximate surface area is 124 Å². The molecule has 124 valence electrons. The first kappa shape index (κ1) is 18.2. The lowest BCUT2D eigenvalue weighted by molar-refractivity contribution is -0.153. The largest absolute Gasteiger partial charge is 0.465 e. The normalized spacial score (nSPS) is 26.3. The molecule has 0 saturated heterocycles. The second-order valence-electron chi connectivity index (χ2n) is 5.67. The molecule has 0 aromatic heterocycles. The van der Waals surface area contributed by atoms with Crippen molar-refractivity contribution in [1.82, 2.24) is 10.2 Å². The van der Waals surface area contributed by atoms with Gasteiger partial charge in [-0.15, -0.1) is 0 Å². The number of carbonyl (C=O) groups excluding carboxylic acids is 1. The van der Waals surface area contributed by atoms with Crippen molar-refractivity contribution in [3.63, 3.8) is 0 Å². The molecule has 0 amide bonds. The molecule has 1 saturated carbocycles. The predicted octanol–water partition coefficient (Wildman–Crippen LogP) is 2.19. The molecule has 2 atom stereocenters. The maximum Gasteiger partial charge on any atom is 0.401 e. The quantitative estimate of drug-likeness (QED) is 0.732. The van der Waals surface area contributed by atoms with Gasteiger partial charge in [-0.2, -0.15) is 13.2 Å². The molecule has 0 aliphatic heterocycles. The van der Waals surface area contributed by atoms with Crippen LogP contribution in [-0.2, 0) is 9.53 Å². The van der Waals surface area contributed by atoms with Gasteiger partial charge in [0.1, 0.15) is 5.54 Å². The molecule has 0 heterocycles. The second-order valence-corrected chi connectivity index (χ2v) is 5.67. The first-order chi connectivity index (χ1) is 9.75. The van der Waals surface area contributed by atoms with E-state index in [1.54, 1.807) is 14.0 Å². The van der Waals surface area contributed by atoms with Crippen LogP contribution in [0.4, 0.5) is 13.2 Å². The van der Waals surface area contributed by atoms with Crippen molar-refractivity contribution in [3.8, 4) is 0 Å². The van der Waals surface area contributed by atoms with E-state index in [1.807, 2.05) is 0 Å². The molecule has 1 fully saturated rings. The number of esters is 1. The van der Waals surface area contributed by atoms with Crippen molar-refractivity contribution in [1.29, 1.82) is 0 Å². The Hall–Kier alpha value is -0.820. The lowest BCUT2D eigenvalue weighted by atomic mass is 9.84. The average molecular weight is 310 g/mol.